The van der Waals surface area contributed by atoms with E-state index in [2.05, 4.69) is 0 Å². The van der Waals surface area contributed by atoms with Crippen molar-refractivity contribution in [2.75, 3.05) is 0 Å². The van der Waals surface area contributed by atoms with Crippen LogP contribution in [0.3, 0.4) is 0 Å². The predicted molar refractivity (Wildman–Crippen MR) is 157 cm³/mol. The summed E-state index contributed by atoms with van der Waals surface area (Å²) in [5.74, 6) is -30.2. The van der Waals surface area contributed by atoms with Crippen molar-refractivity contribution in [3.63, 3.8) is 0 Å². The third-order valence-corrected chi connectivity index (χ3v) is 8.10. The lowest BCUT2D eigenvalue weighted by Crippen LogP contribution is -2.53. The van der Waals surface area contributed by atoms with Crippen molar-refractivity contribution in [2.45, 2.75) is 67.4 Å². The molecule has 19 heteroatoms. The van der Waals surface area contributed by atoms with Crippen molar-refractivity contribution in [2.24, 2.45) is 0 Å². The molecule has 0 aliphatic rings. The first-order valence-corrected chi connectivity index (χ1v) is 14.9. The lowest BCUT2D eigenvalue weighted by Gasteiger charge is -2.29. The summed E-state index contributed by atoms with van der Waals surface area (Å²) in [6.07, 6.45) is -25.9. The van der Waals surface area contributed by atoms with E-state index < -0.39 is 84.1 Å². The molecule has 54 heavy (non-hydrogen) atoms. The maximum Gasteiger partial charge on any atom is 0.459 e. The SMILES string of the molecule is FC(F)(F)C(F)(F)Cc1ccc(-c2ccc(-c3ccc(-c4cc(CC(F)(F)C(F)(F)C(F)(F)F)cc(CC(F)(F)C(F)(F)C(F)(F)F)c4)cc3)cc2)cc1. The van der Waals surface area contributed by atoms with Gasteiger partial charge in [-0.1, -0.05) is 91.0 Å². The predicted octanol–water partition coefficient (Wildman–Crippen LogP) is 13.2. The van der Waals surface area contributed by atoms with Crippen LogP contribution in [0.5, 0.6) is 0 Å². The second-order valence-electron chi connectivity index (χ2n) is 12.2. The van der Waals surface area contributed by atoms with Gasteiger partial charge in [0.05, 0.1) is 0 Å². The summed E-state index contributed by atoms with van der Waals surface area (Å²) < 4.78 is 252. The van der Waals surface area contributed by atoms with Gasteiger partial charge < -0.3 is 0 Å². The molecule has 0 aliphatic carbocycles. The monoisotopic (exact) mass is 802 g/mol. The summed E-state index contributed by atoms with van der Waals surface area (Å²) in [5, 5.41) is 0. The zero-order valence-electron chi connectivity index (χ0n) is 26.5. The molecule has 0 aromatic heterocycles. The molecule has 0 amide bonds. The zero-order valence-corrected chi connectivity index (χ0v) is 26.5. The smallest absolute Gasteiger partial charge is 0.199 e. The average Bonchev–Trinajstić information content (AvgIpc) is 3.03. The van der Waals surface area contributed by atoms with Crippen molar-refractivity contribution in [3.05, 3.63) is 108 Å². The molecule has 0 atom stereocenters. The Kier molecular flexibility index (Phi) is 11.0. The van der Waals surface area contributed by atoms with Gasteiger partial charge in [0.1, 0.15) is 0 Å². The van der Waals surface area contributed by atoms with Crippen molar-refractivity contribution in [1.82, 2.24) is 0 Å². The molecule has 0 unspecified atom stereocenters. The van der Waals surface area contributed by atoms with Crippen LogP contribution in [0.1, 0.15) is 16.7 Å². The molecule has 4 aromatic rings. The van der Waals surface area contributed by atoms with Crippen molar-refractivity contribution < 1.29 is 83.4 Å². The second-order valence-corrected chi connectivity index (χ2v) is 12.2. The van der Waals surface area contributed by atoms with Gasteiger partial charge in [-0.3, -0.25) is 0 Å². The fraction of sp³-hybridized carbons (Fsp3) is 0.314. The highest BCUT2D eigenvalue weighted by Crippen LogP contribution is 2.50. The average molecular weight is 803 g/mol. The summed E-state index contributed by atoms with van der Waals surface area (Å²) in [7, 11) is 0. The van der Waals surface area contributed by atoms with Crippen LogP contribution in [0.2, 0.25) is 0 Å². The number of halogens is 19. The topological polar surface area (TPSA) is 0 Å². The normalized spacial score (nSPS) is 14.1. The van der Waals surface area contributed by atoms with Crippen molar-refractivity contribution in [1.29, 1.82) is 0 Å². The minimum Gasteiger partial charge on any atom is -0.199 e. The van der Waals surface area contributed by atoms with E-state index in [9.17, 15) is 83.4 Å². The fourth-order valence-electron chi connectivity index (χ4n) is 5.16. The minimum absolute atomic E-state index is 0.0888. The van der Waals surface area contributed by atoms with Crippen molar-refractivity contribution >= 4 is 0 Å². The first-order valence-electron chi connectivity index (χ1n) is 14.9. The maximum atomic E-state index is 14.3. The maximum absolute atomic E-state index is 14.3. The Morgan fingerprint density at radius 3 is 0.796 bits per heavy atom. The van der Waals surface area contributed by atoms with Crippen LogP contribution in [0.15, 0.2) is 91.0 Å². The Hall–Kier alpha value is -4.45. The van der Waals surface area contributed by atoms with E-state index in [4.69, 9.17) is 0 Å². The largest absolute Gasteiger partial charge is 0.459 e. The van der Waals surface area contributed by atoms with Crippen LogP contribution in [-0.4, -0.2) is 48.1 Å². The Balaban J connectivity index is 1.64. The Morgan fingerprint density at radius 1 is 0.259 bits per heavy atom. The molecule has 0 radical (unpaired) electrons. The van der Waals surface area contributed by atoms with Gasteiger partial charge in [-0.25, -0.2) is 0 Å². The number of hydrogen-bond acceptors (Lipinski definition) is 0. The molecule has 4 rings (SSSR count). The van der Waals surface area contributed by atoms with E-state index in [0.717, 1.165) is 24.3 Å². The summed E-state index contributed by atoms with van der Waals surface area (Å²) >= 11 is 0. The molecule has 0 saturated heterocycles. The standard InChI is InChI=1S/C35H21F19/c36-28(37,31(42,43)34(49,50)51)17-20-13-21(18-29(38,39)32(44,45)35(52,53)54)15-27(14-20)26-11-9-25(10-12-26)24-7-5-23(6-8-24)22-3-1-19(2-4-22)16-30(40,41)33(46,47)48/h1-15H,16-18H2. The van der Waals surface area contributed by atoms with Gasteiger partial charge in [0.2, 0.25) is 0 Å². The quantitative estimate of drug-likeness (QED) is 0.133. The summed E-state index contributed by atoms with van der Waals surface area (Å²) in [6, 6.07) is 16.9. The number of benzene rings is 4. The summed E-state index contributed by atoms with van der Waals surface area (Å²) in [5.41, 5.74) is -1.68. The molecular weight excluding hydrogens is 781 g/mol. The second kappa shape index (κ2) is 14.0. The summed E-state index contributed by atoms with van der Waals surface area (Å²) in [6.45, 7) is 0. The van der Waals surface area contributed by atoms with Crippen LogP contribution in [0, 0.1) is 0 Å². The minimum atomic E-state index is -6.79. The van der Waals surface area contributed by atoms with Gasteiger partial charge in [-0.05, 0) is 50.1 Å². The number of rotatable bonds is 11. The van der Waals surface area contributed by atoms with E-state index >= 15 is 0 Å². The van der Waals surface area contributed by atoms with Crippen LogP contribution in [-0.2, 0) is 19.3 Å². The molecule has 0 spiro atoms. The third kappa shape index (κ3) is 8.59. The van der Waals surface area contributed by atoms with Crippen LogP contribution in [0.4, 0.5) is 83.4 Å². The molecule has 4 aromatic carbocycles. The van der Waals surface area contributed by atoms with Crippen LogP contribution < -0.4 is 0 Å². The Bertz CT molecular complexity index is 1840. The van der Waals surface area contributed by atoms with E-state index in [1.807, 2.05) is 0 Å². The first-order chi connectivity index (χ1) is 24.4. The number of alkyl halides is 19. The van der Waals surface area contributed by atoms with Gasteiger partial charge in [0.15, 0.2) is 0 Å². The van der Waals surface area contributed by atoms with Gasteiger partial charge in [0.25, 0.3) is 0 Å². The molecule has 0 aliphatic heterocycles. The van der Waals surface area contributed by atoms with E-state index in [1.165, 1.54) is 48.5 Å². The van der Waals surface area contributed by atoms with E-state index in [-0.39, 0.29) is 17.2 Å². The molecule has 0 bridgehead atoms. The van der Waals surface area contributed by atoms with Gasteiger partial charge in [-0.15, -0.1) is 0 Å². The molecule has 0 saturated carbocycles. The molecule has 0 nitrogen and oxygen atoms in total. The molecular formula is C35H21F19. The lowest BCUT2D eigenvalue weighted by atomic mass is 9.91. The van der Waals surface area contributed by atoms with Gasteiger partial charge in [-0.2, -0.15) is 83.4 Å². The number of hydrogen-bond donors (Lipinski definition) is 0. The molecule has 294 valence electrons. The highest BCUT2D eigenvalue weighted by atomic mass is 19.4. The lowest BCUT2D eigenvalue weighted by molar-refractivity contribution is -0.354. The van der Waals surface area contributed by atoms with Gasteiger partial charge >= 0.3 is 48.1 Å². The molecule has 0 heterocycles. The van der Waals surface area contributed by atoms with Crippen LogP contribution >= 0.6 is 0 Å². The van der Waals surface area contributed by atoms with E-state index in [1.54, 1.807) is 0 Å². The Labute approximate surface area is 292 Å². The summed E-state index contributed by atoms with van der Waals surface area (Å²) in [4.78, 5) is 0. The Morgan fingerprint density at radius 2 is 0.519 bits per heavy atom. The first kappa shape index (κ1) is 42.3. The van der Waals surface area contributed by atoms with Crippen molar-refractivity contribution in [3.8, 4) is 33.4 Å². The fourth-order valence-corrected chi connectivity index (χ4v) is 5.16. The molecule has 0 N–H and O–H groups in total. The van der Waals surface area contributed by atoms with Gasteiger partial charge in [0, 0.05) is 19.3 Å². The highest BCUT2D eigenvalue weighted by Gasteiger charge is 2.73. The third-order valence-electron chi connectivity index (χ3n) is 8.10. The molecule has 0 fully saturated rings. The van der Waals surface area contributed by atoms with Crippen LogP contribution in [0.25, 0.3) is 33.4 Å². The van der Waals surface area contributed by atoms with E-state index in [0.29, 0.717) is 34.4 Å². The zero-order chi connectivity index (χ0) is 40.9. The highest BCUT2D eigenvalue weighted by molar-refractivity contribution is 5.74.